The van der Waals surface area contributed by atoms with E-state index in [1.165, 1.54) is 0 Å². The van der Waals surface area contributed by atoms with Gasteiger partial charge in [-0.1, -0.05) is 42.5 Å². The molecule has 32 heavy (non-hydrogen) atoms. The highest BCUT2D eigenvalue weighted by molar-refractivity contribution is 14.0. The zero-order chi connectivity index (χ0) is 21.6. The number of halogens is 1. The van der Waals surface area contributed by atoms with Gasteiger partial charge in [-0.2, -0.15) is 0 Å². The summed E-state index contributed by atoms with van der Waals surface area (Å²) in [6, 6.07) is 18.2. The van der Waals surface area contributed by atoms with Crippen molar-refractivity contribution in [3.63, 3.8) is 0 Å². The summed E-state index contributed by atoms with van der Waals surface area (Å²) in [5, 5.41) is 6.72. The molecule has 1 fully saturated rings. The average molecular weight is 553 g/mol. The summed E-state index contributed by atoms with van der Waals surface area (Å²) in [5.41, 5.74) is 2.31. The Hall–Kier alpha value is -1.84. The Balaban J connectivity index is 0.00000363. The third kappa shape index (κ3) is 9.75. The van der Waals surface area contributed by atoms with Gasteiger partial charge in [0.1, 0.15) is 12.4 Å². The smallest absolute Gasteiger partial charge is 0.191 e. The minimum absolute atomic E-state index is 0. The molecule has 1 saturated heterocycles. The zero-order valence-electron chi connectivity index (χ0n) is 18.9. The van der Waals surface area contributed by atoms with Crippen LogP contribution in [0.3, 0.4) is 0 Å². The molecule has 0 amide bonds. The molecule has 0 spiro atoms. The van der Waals surface area contributed by atoms with E-state index in [0.29, 0.717) is 19.1 Å². The second-order valence-corrected chi connectivity index (χ2v) is 7.65. The molecule has 1 aliphatic rings. The topological polar surface area (TPSA) is 64.1 Å². The number of guanidine groups is 1. The molecule has 6 nitrogen and oxygen atoms in total. The number of rotatable bonds is 12. The van der Waals surface area contributed by atoms with E-state index in [1.807, 2.05) is 42.5 Å². The molecular formula is C25H36IN3O3. The maximum absolute atomic E-state index is 5.92. The number of hydrogen-bond acceptors (Lipinski definition) is 4. The predicted octanol–water partition coefficient (Wildman–Crippen LogP) is 4.38. The number of hydrogen-bond donors (Lipinski definition) is 2. The molecule has 3 rings (SSSR count). The highest BCUT2D eigenvalue weighted by Crippen LogP contribution is 2.15. The molecule has 0 aromatic heterocycles. The third-order valence-electron chi connectivity index (χ3n) is 5.14. The Morgan fingerprint density at radius 2 is 1.84 bits per heavy atom. The normalized spacial score (nSPS) is 15.8. The lowest BCUT2D eigenvalue weighted by Gasteiger charge is -2.13. The summed E-state index contributed by atoms with van der Waals surface area (Å²) in [7, 11) is 0. The quantitative estimate of drug-likeness (QED) is 0.177. The molecule has 2 aromatic rings. The lowest BCUT2D eigenvalue weighted by atomic mass is 10.1. The molecule has 2 aromatic carbocycles. The molecule has 1 heterocycles. The number of benzene rings is 2. The van der Waals surface area contributed by atoms with E-state index < -0.39 is 0 Å². The van der Waals surface area contributed by atoms with Crippen molar-refractivity contribution in [1.29, 1.82) is 0 Å². The van der Waals surface area contributed by atoms with Crippen LogP contribution in [0.1, 0.15) is 30.9 Å². The summed E-state index contributed by atoms with van der Waals surface area (Å²) >= 11 is 0. The maximum Gasteiger partial charge on any atom is 0.191 e. The van der Waals surface area contributed by atoms with Crippen LogP contribution in [0.25, 0.3) is 0 Å². The SMILES string of the molecule is CCNC(=NCc1ccccc1COc1ccccc1)NCCCOCC1CCOC1.I. The van der Waals surface area contributed by atoms with E-state index in [-0.39, 0.29) is 24.0 Å². The van der Waals surface area contributed by atoms with Crippen molar-refractivity contribution in [3.8, 4) is 5.75 Å². The van der Waals surface area contributed by atoms with Gasteiger partial charge in [0, 0.05) is 32.2 Å². The lowest BCUT2D eigenvalue weighted by molar-refractivity contribution is 0.0888. The molecule has 0 radical (unpaired) electrons. The first-order valence-electron chi connectivity index (χ1n) is 11.3. The van der Waals surface area contributed by atoms with Crippen LogP contribution in [0.2, 0.25) is 0 Å². The van der Waals surface area contributed by atoms with Gasteiger partial charge in [0.05, 0.1) is 19.8 Å². The van der Waals surface area contributed by atoms with Gasteiger partial charge < -0.3 is 24.8 Å². The molecule has 2 N–H and O–H groups in total. The number of nitrogens with one attached hydrogen (secondary N) is 2. The second-order valence-electron chi connectivity index (χ2n) is 7.65. The fraction of sp³-hybridized carbons (Fsp3) is 0.480. The van der Waals surface area contributed by atoms with Crippen molar-refractivity contribution in [2.45, 2.75) is 32.9 Å². The molecule has 176 valence electrons. The van der Waals surface area contributed by atoms with E-state index in [9.17, 15) is 0 Å². The van der Waals surface area contributed by atoms with Crippen LogP contribution in [-0.4, -0.2) is 45.5 Å². The van der Waals surface area contributed by atoms with Gasteiger partial charge in [-0.05, 0) is 43.0 Å². The van der Waals surface area contributed by atoms with Crippen molar-refractivity contribution in [2.75, 3.05) is 39.5 Å². The summed E-state index contributed by atoms with van der Waals surface area (Å²) < 4.78 is 17.1. The van der Waals surface area contributed by atoms with Crippen molar-refractivity contribution in [2.24, 2.45) is 10.9 Å². The maximum atomic E-state index is 5.92. The van der Waals surface area contributed by atoms with Crippen LogP contribution in [0.4, 0.5) is 0 Å². The molecular weight excluding hydrogens is 517 g/mol. The molecule has 1 unspecified atom stereocenters. The van der Waals surface area contributed by atoms with Crippen molar-refractivity contribution >= 4 is 29.9 Å². The number of nitrogens with zero attached hydrogens (tertiary/aromatic N) is 1. The van der Waals surface area contributed by atoms with Crippen molar-refractivity contribution in [1.82, 2.24) is 10.6 Å². The highest BCUT2D eigenvalue weighted by Gasteiger charge is 2.15. The predicted molar refractivity (Wildman–Crippen MR) is 140 cm³/mol. The zero-order valence-corrected chi connectivity index (χ0v) is 21.3. The van der Waals surface area contributed by atoms with Gasteiger partial charge >= 0.3 is 0 Å². The van der Waals surface area contributed by atoms with Gasteiger partial charge in [-0.15, -0.1) is 24.0 Å². The first-order valence-corrected chi connectivity index (χ1v) is 11.3. The van der Waals surface area contributed by atoms with E-state index in [2.05, 4.69) is 29.7 Å². The number of ether oxygens (including phenoxy) is 3. The van der Waals surface area contributed by atoms with Gasteiger partial charge in [0.25, 0.3) is 0 Å². The summed E-state index contributed by atoms with van der Waals surface area (Å²) in [5.74, 6) is 2.27. The Labute approximate surface area is 209 Å². The molecule has 0 aliphatic carbocycles. The highest BCUT2D eigenvalue weighted by atomic mass is 127. The first kappa shape index (κ1) is 26.4. The molecule has 0 saturated carbocycles. The van der Waals surface area contributed by atoms with Crippen molar-refractivity contribution < 1.29 is 14.2 Å². The van der Waals surface area contributed by atoms with Crippen LogP contribution in [0, 0.1) is 5.92 Å². The molecule has 1 aliphatic heterocycles. The number of aliphatic imine (C=N–C) groups is 1. The fourth-order valence-electron chi connectivity index (χ4n) is 3.38. The monoisotopic (exact) mass is 553 g/mol. The van der Waals surface area contributed by atoms with Gasteiger partial charge in [-0.25, -0.2) is 4.99 Å². The Bertz CT molecular complexity index is 783. The number of para-hydroxylation sites is 1. The van der Waals surface area contributed by atoms with E-state index in [1.54, 1.807) is 0 Å². The second kappa shape index (κ2) is 15.9. The van der Waals surface area contributed by atoms with E-state index >= 15 is 0 Å². The third-order valence-corrected chi connectivity index (χ3v) is 5.14. The standard InChI is InChI=1S/C25H35N3O3.HI/c1-2-26-25(27-14-8-15-29-18-21-13-16-30-19-21)28-17-22-9-6-7-10-23(22)20-31-24-11-4-3-5-12-24;/h3-7,9-12,21H,2,8,13-20H2,1H3,(H2,26,27,28);1H. The molecule has 1 atom stereocenters. The van der Waals surface area contributed by atoms with Crippen LogP contribution >= 0.6 is 24.0 Å². The lowest BCUT2D eigenvalue weighted by Crippen LogP contribution is -2.38. The summed E-state index contributed by atoms with van der Waals surface area (Å²) in [6.45, 7) is 8.12. The summed E-state index contributed by atoms with van der Waals surface area (Å²) in [6.07, 6.45) is 2.06. The molecule has 7 heteroatoms. The van der Waals surface area contributed by atoms with Crippen LogP contribution < -0.4 is 15.4 Å². The summed E-state index contributed by atoms with van der Waals surface area (Å²) in [4.78, 5) is 4.76. The van der Waals surface area contributed by atoms with Crippen LogP contribution in [-0.2, 0) is 22.6 Å². The minimum Gasteiger partial charge on any atom is -0.489 e. The van der Waals surface area contributed by atoms with E-state index in [0.717, 1.165) is 75.2 Å². The largest absolute Gasteiger partial charge is 0.489 e. The van der Waals surface area contributed by atoms with Gasteiger partial charge in [-0.3, -0.25) is 0 Å². The fourth-order valence-corrected chi connectivity index (χ4v) is 3.38. The Morgan fingerprint density at radius 1 is 1.06 bits per heavy atom. The van der Waals surface area contributed by atoms with Gasteiger partial charge in [0.2, 0.25) is 0 Å². The van der Waals surface area contributed by atoms with Crippen LogP contribution in [0.15, 0.2) is 59.6 Å². The molecule has 0 bridgehead atoms. The Morgan fingerprint density at radius 3 is 2.59 bits per heavy atom. The Kier molecular flexibility index (Phi) is 13.1. The average Bonchev–Trinajstić information content (AvgIpc) is 3.33. The first-order chi connectivity index (χ1) is 15.3. The van der Waals surface area contributed by atoms with Gasteiger partial charge in [0.15, 0.2) is 5.96 Å². The van der Waals surface area contributed by atoms with Crippen LogP contribution in [0.5, 0.6) is 5.75 Å². The van der Waals surface area contributed by atoms with Crippen molar-refractivity contribution in [3.05, 3.63) is 65.7 Å². The minimum atomic E-state index is 0. The van der Waals surface area contributed by atoms with E-state index in [4.69, 9.17) is 19.2 Å².